The fourth-order valence-electron chi connectivity index (χ4n) is 3.21. The van der Waals surface area contributed by atoms with E-state index >= 15 is 0 Å². The second-order valence-electron chi connectivity index (χ2n) is 5.51. The summed E-state index contributed by atoms with van der Waals surface area (Å²) in [5, 5.41) is 9.45. The molecule has 0 bridgehead atoms. The highest BCUT2D eigenvalue weighted by Crippen LogP contribution is 2.32. The number of carbonyl (C=O) groups is 1. The van der Waals surface area contributed by atoms with Gasteiger partial charge in [-0.05, 0) is 50.4 Å². The molecule has 2 atom stereocenters. The van der Waals surface area contributed by atoms with Crippen LogP contribution in [0.2, 0.25) is 0 Å². The van der Waals surface area contributed by atoms with Crippen molar-refractivity contribution in [2.75, 3.05) is 13.2 Å². The number of piperidine rings is 1. The molecule has 0 aliphatic carbocycles. The van der Waals surface area contributed by atoms with Crippen molar-refractivity contribution >= 4 is 5.97 Å². The molecule has 0 radical (unpaired) electrons. The minimum atomic E-state index is -0.695. The Morgan fingerprint density at radius 2 is 2.05 bits per heavy atom. The molecule has 1 aliphatic rings. The minimum absolute atomic E-state index is 0.169. The van der Waals surface area contributed by atoms with E-state index in [0.717, 1.165) is 38.0 Å². The van der Waals surface area contributed by atoms with Crippen LogP contribution in [0.15, 0.2) is 24.3 Å². The van der Waals surface area contributed by atoms with Gasteiger partial charge < -0.3 is 9.84 Å². The highest BCUT2D eigenvalue weighted by atomic mass is 16.5. The Labute approximate surface area is 126 Å². The predicted molar refractivity (Wildman–Crippen MR) is 82.6 cm³/mol. The summed E-state index contributed by atoms with van der Waals surface area (Å²) in [6.45, 7) is 5.61. The molecule has 4 nitrogen and oxygen atoms in total. The van der Waals surface area contributed by atoms with E-state index in [1.165, 1.54) is 5.56 Å². The second-order valence-corrected chi connectivity index (χ2v) is 5.51. The molecule has 1 aromatic rings. The third kappa shape index (κ3) is 3.76. The molecule has 116 valence electrons. The van der Waals surface area contributed by atoms with Crippen LogP contribution in [0.25, 0.3) is 0 Å². The first kappa shape index (κ1) is 15.8. The van der Waals surface area contributed by atoms with Gasteiger partial charge in [0.1, 0.15) is 11.8 Å². The number of carboxylic acids is 1. The summed E-state index contributed by atoms with van der Waals surface area (Å²) in [4.78, 5) is 13.6. The molecule has 0 aromatic heterocycles. The molecule has 1 aromatic carbocycles. The highest BCUT2D eigenvalue weighted by molar-refractivity contribution is 5.73. The van der Waals surface area contributed by atoms with Gasteiger partial charge in [-0.1, -0.05) is 25.5 Å². The standard InChI is InChI=1S/C17H25NO3/c1-3-15(13-8-10-14(11-9-13)21-4-2)18-12-6-5-7-16(18)17(19)20/h8-11,15-16H,3-7,12H2,1-2H3,(H,19,20). The summed E-state index contributed by atoms with van der Waals surface area (Å²) >= 11 is 0. The van der Waals surface area contributed by atoms with E-state index in [4.69, 9.17) is 4.74 Å². The first-order valence-electron chi connectivity index (χ1n) is 7.88. The second kappa shape index (κ2) is 7.46. The van der Waals surface area contributed by atoms with Crippen LogP contribution in [0.1, 0.15) is 51.1 Å². The molecule has 1 aliphatic heterocycles. The van der Waals surface area contributed by atoms with Gasteiger partial charge in [0.25, 0.3) is 0 Å². The minimum Gasteiger partial charge on any atom is -0.494 e. The van der Waals surface area contributed by atoms with Crippen LogP contribution in [0, 0.1) is 0 Å². The Morgan fingerprint density at radius 1 is 1.33 bits per heavy atom. The monoisotopic (exact) mass is 291 g/mol. The van der Waals surface area contributed by atoms with Gasteiger partial charge in [0.15, 0.2) is 0 Å². The van der Waals surface area contributed by atoms with E-state index in [9.17, 15) is 9.90 Å². The Morgan fingerprint density at radius 3 is 2.62 bits per heavy atom. The zero-order valence-electron chi connectivity index (χ0n) is 12.9. The summed E-state index contributed by atoms with van der Waals surface area (Å²) in [6, 6.07) is 7.89. The van der Waals surface area contributed by atoms with Crippen LogP contribution in [0.5, 0.6) is 5.75 Å². The Balaban J connectivity index is 2.18. The van der Waals surface area contributed by atoms with E-state index in [-0.39, 0.29) is 12.1 Å². The normalized spacial score (nSPS) is 21.0. The largest absolute Gasteiger partial charge is 0.494 e. The summed E-state index contributed by atoms with van der Waals surface area (Å²) in [5.41, 5.74) is 1.18. The van der Waals surface area contributed by atoms with Crippen LogP contribution < -0.4 is 4.74 Å². The van der Waals surface area contributed by atoms with Gasteiger partial charge in [-0.2, -0.15) is 0 Å². The Kier molecular flexibility index (Phi) is 5.62. The Bertz CT molecular complexity index is 458. The lowest BCUT2D eigenvalue weighted by Gasteiger charge is -2.39. The van der Waals surface area contributed by atoms with E-state index in [1.54, 1.807) is 0 Å². The number of hydrogen-bond donors (Lipinski definition) is 1. The molecule has 1 saturated heterocycles. The third-order valence-electron chi connectivity index (χ3n) is 4.19. The van der Waals surface area contributed by atoms with Gasteiger partial charge in [-0.15, -0.1) is 0 Å². The van der Waals surface area contributed by atoms with Crippen LogP contribution in [0.4, 0.5) is 0 Å². The molecule has 4 heteroatoms. The summed E-state index contributed by atoms with van der Waals surface area (Å²) in [6.07, 6.45) is 3.76. The van der Waals surface area contributed by atoms with Crippen LogP contribution in [-0.2, 0) is 4.79 Å². The lowest BCUT2D eigenvalue weighted by Crippen LogP contribution is -2.46. The maximum Gasteiger partial charge on any atom is 0.320 e. The summed E-state index contributed by atoms with van der Waals surface area (Å²) in [7, 11) is 0. The van der Waals surface area contributed by atoms with E-state index < -0.39 is 5.97 Å². The van der Waals surface area contributed by atoms with Crippen molar-refractivity contribution in [2.45, 2.75) is 51.6 Å². The fourth-order valence-corrected chi connectivity index (χ4v) is 3.21. The first-order valence-corrected chi connectivity index (χ1v) is 7.88. The SMILES string of the molecule is CCOc1ccc(C(CC)N2CCCCC2C(=O)O)cc1. The predicted octanol–water partition coefficient (Wildman–Crippen LogP) is 3.48. The van der Waals surface area contributed by atoms with Crippen LogP contribution in [0.3, 0.4) is 0 Å². The molecule has 0 spiro atoms. The summed E-state index contributed by atoms with van der Waals surface area (Å²) in [5.74, 6) is 0.170. The quantitative estimate of drug-likeness (QED) is 0.872. The van der Waals surface area contributed by atoms with Crippen LogP contribution >= 0.6 is 0 Å². The van der Waals surface area contributed by atoms with Gasteiger partial charge >= 0.3 is 5.97 Å². The van der Waals surface area contributed by atoms with Gasteiger partial charge in [-0.3, -0.25) is 9.69 Å². The van der Waals surface area contributed by atoms with Crippen molar-refractivity contribution < 1.29 is 14.6 Å². The van der Waals surface area contributed by atoms with Gasteiger partial charge in [-0.25, -0.2) is 0 Å². The van der Waals surface area contributed by atoms with Crippen molar-refractivity contribution in [3.05, 3.63) is 29.8 Å². The number of rotatable bonds is 6. The number of ether oxygens (including phenoxy) is 1. The third-order valence-corrected chi connectivity index (χ3v) is 4.19. The highest BCUT2D eigenvalue weighted by Gasteiger charge is 2.33. The molecule has 2 unspecified atom stereocenters. The zero-order valence-corrected chi connectivity index (χ0v) is 12.9. The molecule has 1 heterocycles. The number of carboxylic acid groups (broad SMARTS) is 1. The van der Waals surface area contributed by atoms with Crippen molar-refractivity contribution in [1.29, 1.82) is 0 Å². The smallest absolute Gasteiger partial charge is 0.320 e. The molecule has 1 fully saturated rings. The number of hydrogen-bond acceptors (Lipinski definition) is 3. The molecule has 1 N–H and O–H groups in total. The number of nitrogens with zero attached hydrogens (tertiary/aromatic N) is 1. The van der Waals surface area contributed by atoms with Crippen LogP contribution in [-0.4, -0.2) is 35.2 Å². The average molecular weight is 291 g/mol. The molecule has 2 rings (SSSR count). The van der Waals surface area contributed by atoms with E-state index in [1.807, 2.05) is 19.1 Å². The van der Waals surface area contributed by atoms with Gasteiger partial charge in [0, 0.05) is 6.04 Å². The number of aliphatic carboxylic acids is 1. The number of benzene rings is 1. The Hall–Kier alpha value is -1.55. The van der Waals surface area contributed by atoms with Crippen molar-refractivity contribution in [3.63, 3.8) is 0 Å². The maximum atomic E-state index is 11.5. The molecule has 21 heavy (non-hydrogen) atoms. The summed E-state index contributed by atoms with van der Waals surface area (Å²) < 4.78 is 5.47. The maximum absolute atomic E-state index is 11.5. The molecule has 0 amide bonds. The number of likely N-dealkylation sites (tertiary alicyclic amines) is 1. The van der Waals surface area contributed by atoms with Crippen molar-refractivity contribution in [2.24, 2.45) is 0 Å². The lowest BCUT2D eigenvalue weighted by molar-refractivity contribution is -0.146. The molecule has 0 saturated carbocycles. The molecular formula is C17H25NO3. The van der Waals surface area contributed by atoms with Gasteiger partial charge in [0.2, 0.25) is 0 Å². The van der Waals surface area contributed by atoms with Crippen molar-refractivity contribution in [3.8, 4) is 5.75 Å². The topological polar surface area (TPSA) is 49.8 Å². The fraction of sp³-hybridized carbons (Fsp3) is 0.588. The van der Waals surface area contributed by atoms with Crippen molar-refractivity contribution in [1.82, 2.24) is 4.90 Å². The lowest BCUT2D eigenvalue weighted by atomic mass is 9.95. The first-order chi connectivity index (χ1) is 10.2. The van der Waals surface area contributed by atoms with E-state index in [2.05, 4.69) is 24.0 Å². The zero-order chi connectivity index (χ0) is 15.2. The van der Waals surface area contributed by atoms with E-state index in [0.29, 0.717) is 6.61 Å². The molecular weight excluding hydrogens is 266 g/mol. The van der Waals surface area contributed by atoms with Gasteiger partial charge in [0.05, 0.1) is 6.61 Å². The average Bonchev–Trinajstić information content (AvgIpc) is 2.50.